The lowest BCUT2D eigenvalue weighted by Crippen LogP contribution is -2.71. The van der Waals surface area contributed by atoms with E-state index < -0.39 is 23.3 Å². The highest BCUT2D eigenvalue weighted by molar-refractivity contribution is 8.01. The predicted octanol–water partition coefficient (Wildman–Crippen LogP) is -0.222. The van der Waals surface area contributed by atoms with E-state index in [9.17, 15) is 29.7 Å². The molecule has 2 aliphatic heterocycles. The summed E-state index contributed by atoms with van der Waals surface area (Å²) in [6.45, 7) is 0.0649. The Kier molecular flexibility index (Phi) is 8.61. The molecule has 1 saturated heterocycles. The molecule has 1 aromatic heterocycles. The van der Waals surface area contributed by atoms with Crippen molar-refractivity contribution in [3.63, 3.8) is 0 Å². The first-order valence-electron chi connectivity index (χ1n) is 11.5. The Hall–Kier alpha value is -2.42. The Bertz CT molecular complexity index is 1220. The van der Waals surface area contributed by atoms with E-state index in [0.29, 0.717) is 22.4 Å². The molecule has 13 heteroatoms. The van der Waals surface area contributed by atoms with Crippen LogP contribution in [0.25, 0.3) is 10.2 Å². The molecule has 3 heterocycles. The van der Waals surface area contributed by atoms with Crippen molar-refractivity contribution >= 4 is 62.9 Å². The molecule has 0 unspecified atom stereocenters. The van der Waals surface area contributed by atoms with Crippen LogP contribution in [0, 0.1) is 0 Å². The number of allylic oxidation sites excluding steroid dienone is 1. The minimum absolute atomic E-state index is 0.0921. The molecular formula is C24H28N4O6S3. The lowest BCUT2D eigenvalue weighted by Gasteiger charge is -2.50. The molecular weight excluding hydrogens is 536 g/mol. The number of carboxylic acids is 1. The summed E-state index contributed by atoms with van der Waals surface area (Å²) in [6.07, 6.45) is 3.41. The number of nitrogens with one attached hydrogen (secondary N) is 1. The number of fused-ring (bicyclic) bond motifs is 2. The number of rotatable bonds is 11. The Morgan fingerprint density at radius 2 is 2.05 bits per heavy atom. The van der Waals surface area contributed by atoms with Gasteiger partial charge in [0.05, 0.1) is 61.5 Å². The van der Waals surface area contributed by atoms with Gasteiger partial charge >= 0.3 is 0 Å². The fourth-order valence-electron chi connectivity index (χ4n) is 4.13. The van der Waals surface area contributed by atoms with Crippen molar-refractivity contribution in [2.75, 3.05) is 45.4 Å². The molecule has 2 atom stereocenters. The van der Waals surface area contributed by atoms with Crippen molar-refractivity contribution in [3.05, 3.63) is 47.7 Å². The first-order chi connectivity index (χ1) is 17.7. The molecule has 37 heavy (non-hydrogen) atoms. The molecule has 198 valence electrons. The summed E-state index contributed by atoms with van der Waals surface area (Å²) in [6, 6.07) is 6.52. The topological polar surface area (TPSA) is 143 Å². The number of nitrogens with zero attached hydrogens (tertiary/aromatic N) is 3. The number of aromatic nitrogens is 1. The van der Waals surface area contributed by atoms with Crippen molar-refractivity contribution in [1.82, 2.24) is 15.2 Å². The fraction of sp³-hybridized carbons (Fsp3) is 0.417. The highest BCUT2D eigenvalue weighted by atomic mass is 32.2. The van der Waals surface area contributed by atoms with Gasteiger partial charge in [-0.3, -0.25) is 14.5 Å². The summed E-state index contributed by atoms with van der Waals surface area (Å²) in [7, 11) is 3.70. The summed E-state index contributed by atoms with van der Waals surface area (Å²) >= 11 is 4.16. The minimum Gasteiger partial charge on any atom is -0.543 e. The van der Waals surface area contributed by atoms with E-state index in [0.717, 1.165) is 14.6 Å². The Labute approximate surface area is 226 Å². The number of thioether (sulfide) groups is 2. The summed E-state index contributed by atoms with van der Waals surface area (Å²) in [4.78, 5) is 43.0. The van der Waals surface area contributed by atoms with Crippen molar-refractivity contribution in [2.24, 2.45) is 0 Å². The molecule has 0 aliphatic carbocycles. The van der Waals surface area contributed by atoms with Gasteiger partial charge in [0, 0.05) is 5.75 Å². The van der Waals surface area contributed by atoms with Crippen LogP contribution in [-0.4, -0.2) is 105 Å². The van der Waals surface area contributed by atoms with Crippen LogP contribution in [-0.2, 0) is 14.4 Å². The predicted molar refractivity (Wildman–Crippen MR) is 141 cm³/mol. The van der Waals surface area contributed by atoms with E-state index >= 15 is 0 Å². The molecule has 0 spiro atoms. The quantitative estimate of drug-likeness (QED) is 0.192. The fourth-order valence-corrected chi connectivity index (χ4v) is 7.33. The van der Waals surface area contributed by atoms with E-state index in [1.54, 1.807) is 12.2 Å². The van der Waals surface area contributed by atoms with Crippen molar-refractivity contribution in [2.45, 2.75) is 21.8 Å². The molecule has 1 fully saturated rings. The normalized spacial score (nSPS) is 20.0. The second-order valence-corrected chi connectivity index (χ2v) is 12.6. The lowest BCUT2D eigenvalue weighted by atomic mass is 10.0. The maximum absolute atomic E-state index is 12.9. The van der Waals surface area contributed by atoms with Gasteiger partial charge in [-0.2, -0.15) is 0 Å². The maximum Gasteiger partial charge on any atom is 0.253 e. The SMILES string of the molecule is C[N+](C)(C/C=C/C1=C(C(=O)[O-])N2C(=O)[C@@H](NC(=O)CSc3nc4ccccc4s3)[C@H]2SC1)C(CO)CO. The van der Waals surface area contributed by atoms with Crippen LogP contribution in [0.4, 0.5) is 0 Å². The molecule has 0 bridgehead atoms. The summed E-state index contributed by atoms with van der Waals surface area (Å²) in [5.41, 5.74) is 1.12. The molecule has 1 aromatic carbocycles. The highest BCUT2D eigenvalue weighted by Crippen LogP contribution is 2.40. The number of carboxylic acid groups (broad SMARTS) is 1. The van der Waals surface area contributed by atoms with Gasteiger partial charge in [-0.1, -0.05) is 30.0 Å². The number of benzene rings is 1. The summed E-state index contributed by atoms with van der Waals surface area (Å²) in [5, 5.41) is 33.1. The van der Waals surface area contributed by atoms with Crippen LogP contribution >= 0.6 is 34.9 Å². The molecule has 2 aliphatic rings. The van der Waals surface area contributed by atoms with Gasteiger partial charge in [-0.15, -0.1) is 23.1 Å². The molecule has 2 aromatic rings. The van der Waals surface area contributed by atoms with Gasteiger partial charge in [0.25, 0.3) is 5.91 Å². The Morgan fingerprint density at radius 3 is 2.73 bits per heavy atom. The third-order valence-corrected chi connectivity index (χ3v) is 9.90. The first kappa shape index (κ1) is 27.6. The number of hydrogen-bond acceptors (Lipinski definition) is 10. The smallest absolute Gasteiger partial charge is 0.253 e. The van der Waals surface area contributed by atoms with Gasteiger partial charge in [0.15, 0.2) is 4.34 Å². The van der Waals surface area contributed by atoms with Gasteiger partial charge < -0.3 is 29.9 Å². The Balaban J connectivity index is 1.38. The first-order valence-corrected chi connectivity index (χ1v) is 14.4. The van der Waals surface area contributed by atoms with Gasteiger partial charge in [0.1, 0.15) is 17.5 Å². The molecule has 0 saturated carbocycles. The highest BCUT2D eigenvalue weighted by Gasteiger charge is 2.52. The van der Waals surface area contributed by atoms with Crippen LogP contribution in [0.3, 0.4) is 0 Å². The van der Waals surface area contributed by atoms with Crippen LogP contribution in [0.1, 0.15) is 0 Å². The van der Waals surface area contributed by atoms with Crippen molar-refractivity contribution in [1.29, 1.82) is 0 Å². The Morgan fingerprint density at radius 1 is 1.32 bits per heavy atom. The number of aliphatic hydroxyl groups is 2. The maximum atomic E-state index is 12.9. The zero-order valence-electron chi connectivity index (χ0n) is 20.3. The number of hydrogen-bond donors (Lipinski definition) is 3. The molecule has 10 nitrogen and oxygen atoms in total. The average molecular weight is 565 g/mol. The van der Waals surface area contributed by atoms with Crippen molar-refractivity contribution in [3.8, 4) is 0 Å². The largest absolute Gasteiger partial charge is 0.543 e. The van der Waals surface area contributed by atoms with E-state index in [2.05, 4.69) is 10.3 Å². The van der Waals surface area contributed by atoms with Gasteiger partial charge in [-0.05, 0) is 23.8 Å². The summed E-state index contributed by atoms with van der Waals surface area (Å²) in [5.74, 6) is -1.84. The number of carbonyl (C=O) groups is 3. The second kappa shape index (κ2) is 11.5. The van der Waals surface area contributed by atoms with Gasteiger partial charge in [0.2, 0.25) is 5.91 Å². The lowest BCUT2D eigenvalue weighted by molar-refractivity contribution is -0.910. The number of quaternary nitrogens is 1. The minimum atomic E-state index is -1.45. The van der Waals surface area contributed by atoms with Gasteiger partial charge in [-0.25, -0.2) is 4.98 Å². The number of amides is 2. The van der Waals surface area contributed by atoms with Crippen LogP contribution < -0.4 is 10.4 Å². The zero-order valence-corrected chi connectivity index (χ0v) is 22.8. The van der Waals surface area contributed by atoms with E-state index in [-0.39, 0.29) is 36.6 Å². The van der Waals surface area contributed by atoms with Crippen LogP contribution in [0.5, 0.6) is 0 Å². The van der Waals surface area contributed by atoms with Crippen LogP contribution in [0.2, 0.25) is 0 Å². The number of aliphatic carboxylic acids is 1. The molecule has 4 rings (SSSR count). The number of aliphatic hydroxyl groups excluding tert-OH is 2. The third kappa shape index (κ3) is 5.86. The molecule has 0 radical (unpaired) electrons. The molecule has 3 N–H and O–H groups in total. The standard InChI is InChI=1S/C24H28N4O6S3/c1-28(2,15(10-29)11-30)9-5-6-14-12-35-22-19(21(32)27(22)20(14)23(33)34)26-18(31)13-36-24-25-16-7-3-4-8-17(16)37-24/h3-8,15,19,22,29-30H,9-13H2,1-2H3,(H-,26,31,33,34)/b6-5+/t19-,22-/m1/s1. The van der Waals surface area contributed by atoms with Crippen molar-refractivity contribution < 1.29 is 34.2 Å². The number of para-hydroxylation sites is 1. The van der Waals surface area contributed by atoms with E-state index in [1.165, 1.54) is 39.8 Å². The second-order valence-electron chi connectivity index (χ2n) is 9.24. The number of β-lactam (4-membered cyclic amide) rings is 1. The molecule has 2 amide bonds. The number of likely N-dealkylation sites (N-methyl/N-ethyl adjacent to an activating group) is 1. The number of carbonyl (C=O) groups excluding carboxylic acids is 3. The third-order valence-electron chi connectivity index (χ3n) is 6.41. The summed E-state index contributed by atoms with van der Waals surface area (Å²) < 4.78 is 2.10. The monoisotopic (exact) mass is 564 g/mol. The number of thiazole rings is 1. The zero-order chi connectivity index (χ0) is 26.7. The van der Waals surface area contributed by atoms with E-state index in [1.807, 2.05) is 38.4 Å². The van der Waals surface area contributed by atoms with Crippen LogP contribution in [0.15, 0.2) is 52.0 Å². The van der Waals surface area contributed by atoms with E-state index in [4.69, 9.17) is 0 Å². The average Bonchev–Trinajstić information content (AvgIpc) is 3.29.